The van der Waals surface area contributed by atoms with Gasteiger partial charge in [0.25, 0.3) is 0 Å². The van der Waals surface area contributed by atoms with Crippen molar-refractivity contribution in [2.75, 3.05) is 6.54 Å². The summed E-state index contributed by atoms with van der Waals surface area (Å²) in [4.78, 5) is 35.4. The molecule has 3 rings (SSSR count). The molecule has 0 aromatic rings. The van der Waals surface area contributed by atoms with Gasteiger partial charge < -0.3 is 20.4 Å². The smallest absolute Gasteiger partial charge is 0.475 e. The molecule has 3 fully saturated rings. The van der Waals surface area contributed by atoms with E-state index in [0.717, 1.165) is 0 Å². The molecular weight excluding hydrogens is 345 g/mol. The maximum atomic E-state index is 12.5. The molecule has 0 spiro atoms. The van der Waals surface area contributed by atoms with Gasteiger partial charge in [0, 0.05) is 6.54 Å². The highest BCUT2D eigenvalue weighted by molar-refractivity contribution is 5.94. The van der Waals surface area contributed by atoms with Crippen molar-refractivity contribution in [2.24, 2.45) is 17.3 Å². The summed E-state index contributed by atoms with van der Waals surface area (Å²) in [5.74, 6) is -2.93. The second-order valence-corrected chi connectivity index (χ2v) is 7.68. The largest absolute Gasteiger partial charge is 0.490 e. The third-order valence-electron chi connectivity index (χ3n) is 4.83. The Morgan fingerprint density at radius 2 is 1.76 bits per heavy atom. The van der Waals surface area contributed by atoms with Gasteiger partial charge in [0.2, 0.25) is 11.8 Å². The van der Waals surface area contributed by atoms with Crippen molar-refractivity contribution in [1.29, 1.82) is 0 Å². The number of piperidine rings is 1. The summed E-state index contributed by atoms with van der Waals surface area (Å²) in [5.41, 5.74) is -0.304. The first-order valence-corrected chi connectivity index (χ1v) is 7.84. The number of carboxylic acids is 1. The number of nitrogens with zero attached hydrogens (tertiary/aromatic N) is 1. The van der Waals surface area contributed by atoms with Crippen LogP contribution in [0, 0.1) is 17.3 Å². The van der Waals surface area contributed by atoms with Gasteiger partial charge in [-0.25, -0.2) is 4.79 Å². The molecule has 0 aromatic heterocycles. The van der Waals surface area contributed by atoms with E-state index < -0.39 is 24.3 Å². The van der Waals surface area contributed by atoms with E-state index in [9.17, 15) is 27.9 Å². The SMILES string of the molecule is CC(C)(C)C1NC(=O)[C@@H]2[C@@H]3C[C@H](O)[C@H]2N(C3)C1=O.O=C(O)C(F)(F)F. The normalized spacial score (nSPS) is 34.2. The van der Waals surface area contributed by atoms with E-state index in [1.165, 1.54) is 0 Å². The quantitative estimate of drug-likeness (QED) is 0.574. The van der Waals surface area contributed by atoms with Gasteiger partial charge in [-0.05, 0) is 17.8 Å². The van der Waals surface area contributed by atoms with Crippen LogP contribution in [0.1, 0.15) is 27.2 Å². The summed E-state index contributed by atoms with van der Waals surface area (Å²) in [6, 6.07) is -0.779. The number of carbonyl (C=O) groups is 3. The van der Waals surface area contributed by atoms with E-state index in [-0.39, 0.29) is 35.1 Å². The fourth-order valence-electron chi connectivity index (χ4n) is 3.74. The first-order valence-electron chi connectivity index (χ1n) is 7.84. The minimum atomic E-state index is -5.08. The van der Waals surface area contributed by atoms with Crippen LogP contribution < -0.4 is 5.32 Å². The number of carboxylic acid groups (broad SMARTS) is 1. The molecule has 1 unspecified atom stereocenters. The highest BCUT2D eigenvalue weighted by Gasteiger charge is 2.60. The van der Waals surface area contributed by atoms with Crippen molar-refractivity contribution in [3.8, 4) is 0 Å². The summed E-state index contributed by atoms with van der Waals surface area (Å²) in [7, 11) is 0. The van der Waals surface area contributed by atoms with Crippen LogP contribution in [-0.4, -0.2) is 63.8 Å². The number of halogens is 3. The molecule has 0 aromatic carbocycles. The lowest BCUT2D eigenvalue weighted by molar-refractivity contribution is -0.192. The number of rotatable bonds is 0. The van der Waals surface area contributed by atoms with Crippen molar-refractivity contribution in [2.45, 2.75) is 51.6 Å². The van der Waals surface area contributed by atoms with E-state index in [1.54, 1.807) is 4.90 Å². The summed E-state index contributed by atoms with van der Waals surface area (Å²) in [6.45, 7) is 6.48. The number of aliphatic hydroxyl groups excluding tert-OH is 1. The average Bonchev–Trinajstić information content (AvgIpc) is 2.92. The predicted octanol–water partition coefficient (Wildman–Crippen LogP) is 0.372. The standard InChI is InChI=1S/C13H20N2O3.C2HF3O2/c1-13(2,3)10-12(18)15-5-6-4-7(16)9(15)8(6)11(17)14-10;3-2(4,5)1(6)7/h6-10,16H,4-5H2,1-3H3,(H,14,17);(H,6,7)/t6-,7+,8-,9-,10?;/m1./s1. The van der Waals surface area contributed by atoms with E-state index in [0.29, 0.717) is 13.0 Å². The van der Waals surface area contributed by atoms with E-state index >= 15 is 0 Å². The van der Waals surface area contributed by atoms with Crippen LogP contribution in [0.4, 0.5) is 13.2 Å². The number of nitrogens with one attached hydrogen (secondary N) is 1. The number of amides is 2. The van der Waals surface area contributed by atoms with Gasteiger partial charge >= 0.3 is 12.1 Å². The van der Waals surface area contributed by atoms with Crippen LogP contribution >= 0.6 is 0 Å². The average molecular weight is 366 g/mol. The van der Waals surface area contributed by atoms with Gasteiger partial charge in [0.05, 0.1) is 18.1 Å². The number of aliphatic carboxylic acids is 1. The van der Waals surface area contributed by atoms with Crippen LogP contribution in [0.2, 0.25) is 0 Å². The molecule has 142 valence electrons. The number of hydrogen-bond acceptors (Lipinski definition) is 4. The van der Waals surface area contributed by atoms with Gasteiger partial charge in [-0.3, -0.25) is 9.59 Å². The molecule has 1 saturated carbocycles. The predicted molar refractivity (Wildman–Crippen MR) is 78.2 cm³/mol. The van der Waals surface area contributed by atoms with Crippen LogP contribution in [-0.2, 0) is 14.4 Å². The fraction of sp³-hybridized carbons (Fsp3) is 0.800. The number of hydrogen-bond donors (Lipinski definition) is 3. The lowest BCUT2D eigenvalue weighted by atomic mass is 9.85. The lowest BCUT2D eigenvalue weighted by Gasteiger charge is -2.36. The van der Waals surface area contributed by atoms with Crippen molar-refractivity contribution >= 4 is 17.8 Å². The van der Waals surface area contributed by atoms with Gasteiger partial charge in [-0.15, -0.1) is 0 Å². The Balaban J connectivity index is 0.000000277. The number of alkyl halides is 3. The number of aliphatic hydroxyl groups is 1. The Bertz CT molecular complexity index is 587. The Morgan fingerprint density at radius 3 is 2.20 bits per heavy atom. The molecule has 2 aliphatic heterocycles. The fourth-order valence-corrected chi connectivity index (χ4v) is 3.74. The lowest BCUT2D eigenvalue weighted by Crippen LogP contribution is -2.55. The van der Waals surface area contributed by atoms with Gasteiger partial charge in [-0.2, -0.15) is 13.2 Å². The molecule has 10 heteroatoms. The topological polar surface area (TPSA) is 107 Å². The Labute approximate surface area is 142 Å². The molecule has 5 atom stereocenters. The third-order valence-corrected chi connectivity index (χ3v) is 4.83. The minimum Gasteiger partial charge on any atom is -0.475 e. The zero-order valence-electron chi connectivity index (χ0n) is 14.0. The molecule has 3 aliphatic rings. The molecule has 7 nitrogen and oxygen atoms in total. The molecule has 2 saturated heterocycles. The van der Waals surface area contributed by atoms with E-state index in [4.69, 9.17) is 9.90 Å². The van der Waals surface area contributed by atoms with Crippen LogP contribution in [0.5, 0.6) is 0 Å². The monoisotopic (exact) mass is 366 g/mol. The highest BCUT2D eigenvalue weighted by Crippen LogP contribution is 2.45. The maximum Gasteiger partial charge on any atom is 0.490 e. The maximum absolute atomic E-state index is 12.5. The summed E-state index contributed by atoms with van der Waals surface area (Å²) < 4.78 is 31.7. The second-order valence-electron chi connectivity index (χ2n) is 7.68. The van der Waals surface area contributed by atoms with Gasteiger partial charge in [-0.1, -0.05) is 20.8 Å². The van der Waals surface area contributed by atoms with E-state index in [2.05, 4.69) is 5.32 Å². The Hall–Kier alpha value is -1.84. The molecule has 1 aliphatic carbocycles. The van der Waals surface area contributed by atoms with E-state index in [1.807, 2.05) is 20.8 Å². The van der Waals surface area contributed by atoms with Crippen LogP contribution in [0.15, 0.2) is 0 Å². The molecule has 2 heterocycles. The van der Waals surface area contributed by atoms with Crippen molar-refractivity contribution in [3.05, 3.63) is 0 Å². The first kappa shape index (κ1) is 19.5. The zero-order valence-corrected chi connectivity index (χ0v) is 14.0. The Kier molecular flexibility index (Phi) is 4.79. The zero-order chi connectivity index (χ0) is 19.3. The first-order chi connectivity index (χ1) is 11.2. The van der Waals surface area contributed by atoms with Crippen molar-refractivity contribution in [3.63, 3.8) is 0 Å². The number of carbonyl (C=O) groups excluding carboxylic acids is 2. The second kappa shape index (κ2) is 6.15. The highest BCUT2D eigenvalue weighted by atomic mass is 19.4. The minimum absolute atomic E-state index is 0.0374. The molecule has 0 radical (unpaired) electrons. The third kappa shape index (κ3) is 3.58. The molecule has 2 amide bonds. The summed E-state index contributed by atoms with van der Waals surface area (Å²) in [6.07, 6.45) is -4.98. The van der Waals surface area contributed by atoms with Gasteiger partial charge in [0.15, 0.2) is 0 Å². The molecule has 3 N–H and O–H groups in total. The molecular formula is C15H21F3N2O5. The summed E-state index contributed by atoms with van der Waals surface area (Å²) >= 11 is 0. The van der Waals surface area contributed by atoms with Crippen LogP contribution in [0.25, 0.3) is 0 Å². The molecule has 25 heavy (non-hydrogen) atoms. The van der Waals surface area contributed by atoms with Gasteiger partial charge in [0.1, 0.15) is 6.04 Å². The Morgan fingerprint density at radius 1 is 1.24 bits per heavy atom. The van der Waals surface area contributed by atoms with Crippen molar-refractivity contribution < 1.29 is 37.8 Å². The van der Waals surface area contributed by atoms with Crippen LogP contribution in [0.3, 0.4) is 0 Å². The van der Waals surface area contributed by atoms with Crippen molar-refractivity contribution in [1.82, 2.24) is 10.2 Å². The summed E-state index contributed by atoms with van der Waals surface area (Å²) in [5, 5.41) is 20.0. The molecule has 4 bridgehead atoms.